The Bertz CT molecular complexity index is 3650. The van der Waals surface area contributed by atoms with Crippen LogP contribution in [-0.4, -0.2) is 178 Å². The maximum Gasteiger partial charge on any atom is 0.343 e. The number of aliphatic hydroxyl groups is 1. The van der Waals surface area contributed by atoms with Crippen molar-refractivity contribution in [1.29, 1.82) is 0 Å². The van der Waals surface area contributed by atoms with E-state index in [2.05, 4.69) is 31.9 Å². The number of ether oxygens (including phenoxy) is 3. The Morgan fingerprint density at radius 2 is 1.54 bits per heavy atom. The molecular weight excluding hydrogens is 1190 g/mol. The van der Waals surface area contributed by atoms with E-state index in [1.54, 1.807) is 50.2 Å². The lowest BCUT2D eigenvalue weighted by atomic mass is 9.81. The molecule has 0 saturated carbocycles. The molecule has 10 N–H and O–H groups in total. The first-order valence-corrected chi connectivity index (χ1v) is 29.5. The van der Waals surface area contributed by atoms with Gasteiger partial charge in [-0.3, -0.25) is 62.4 Å². The number of amides is 10. The van der Waals surface area contributed by atoms with Crippen molar-refractivity contribution < 1.29 is 86.3 Å². The normalized spacial score (nSPS) is 16.6. The summed E-state index contributed by atoms with van der Waals surface area (Å²) in [5, 5.41) is 36.6. The first kappa shape index (κ1) is 67.1. The van der Waals surface area contributed by atoms with Crippen molar-refractivity contribution in [3.05, 3.63) is 110 Å². The summed E-state index contributed by atoms with van der Waals surface area (Å²) in [6.45, 7) is 0.762. The quantitative estimate of drug-likeness (QED) is 0.0134. The average Bonchev–Trinajstić information content (AvgIpc) is 1.63. The Balaban J connectivity index is 0.815. The molecule has 0 radical (unpaired) electrons. The highest BCUT2D eigenvalue weighted by Crippen LogP contribution is 2.46. The average molecular weight is 1260 g/mol. The molecule has 4 aliphatic rings. The van der Waals surface area contributed by atoms with Crippen LogP contribution in [0.3, 0.4) is 0 Å². The maximum absolute atomic E-state index is 15.5. The highest BCUT2D eigenvalue weighted by atomic mass is 19.1. The van der Waals surface area contributed by atoms with Crippen LogP contribution in [0.2, 0.25) is 0 Å². The summed E-state index contributed by atoms with van der Waals surface area (Å²) in [7, 11) is 0. The van der Waals surface area contributed by atoms with Gasteiger partial charge in [-0.2, -0.15) is 0 Å². The van der Waals surface area contributed by atoms with Crippen LogP contribution >= 0.6 is 0 Å². The number of carbonyl (C=O) groups excluding carboxylic acids is 11. The number of carbonyl (C=O) groups is 12. The van der Waals surface area contributed by atoms with Crippen LogP contribution in [0.15, 0.2) is 59.4 Å². The number of aliphatic carboxylic acids is 1. The number of hydrogen-bond donors (Lipinski definition) is 9. The van der Waals surface area contributed by atoms with Gasteiger partial charge in [0.05, 0.1) is 87.5 Å². The standard InChI is InChI=1S/C61H70FN11O18/c1-3-61(88)38-25-44-56-36(30-73(44)58(85)37(38)32-91-60(61)87)55-40(12-11-35-33(2)39(62)26-41(70-56)54(35)55)67-47(76)10-7-18-71(31-45(63)74)59(86)43(24-34-8-5-4-6-9-34)69-50(79)29-65-49(78)28-66-57(84)42(27-53(82)83)68-48(77)16-20-89-22-23-90-21-17-64-46(75)15-19-72-51(80)13-14-52(72)81/h4-6,8-9,13-14,25-26,40,42-43,88H,3,7,10-12,15-24,27-32H2,1-2H3,(H2,63,74)(H,64,75)(H,65,78)(H,66,84)(H,67,76)(H,68,77)(H,69,79)(H,82,83)/t40-,42-,43-,61-/m0/s1. The second kappa shape index (κ2) is 30.1. The molecule has 29 nitrogen and oxygen atoms in total. The first-order valence-electron chi connectivity index (χ1n) is 29.5. The summed E-state index contributed by atoms with van der Waals surface area (Å²) < 4.78 is 32.9. The molecule has 484 valence electrons. The molecule has 5 heterocycles. The molecule has 2 aromatic heterocycles. The van der Waals surface area contributed by atoms with Gasteiger partial charge in [-0.05, 0) is 60.9 Å². The molecule has 0 fully saturated rings. The largest absolute Gasteiger partial charge is 0.481 e. The Morgan fingerprint density at radius 3 is 2.24 bits per heavy atom. The van der Waals surface area contributed by atoms with Crippen molar-refractivity contribution in [1.82, 2.24) is 51.3 Å². The molecule has 2 aromatic carbocycles. The smallest absolute Gasteiger partial charge is 0.343 e. The van der Waals surface area contributed by atoms with Gasteiger partial charge in [-0.1, -0.05) is 37.3 Å². The summed E-state index contributed by atoms with van der Waals surface area (Å²) >= 11 is 0. The predicted molar refractivity (Wildman–Crippen MR) is 315 cm³/mol. The third-order valence-corrected chi connectivity index (χ3v) is 15.9. The van der Waals surface area contributed by atoms with E-state index in [4.69, 9.17) is 24.9 Å². The van der Waals surface area contributed by atoms with E-state index < -0.39 is 132 Å². The maximum atomic E-state index is 15.5. The van der Waals surface area contributed by atoms with Crippen LogP contribution in [0, 0.1) is 12.7 Å². The number of carboxylic acid groups (broad SMARTS) is 1. The Hall–Kier alpha value is -9.81. The van der Waals surface area contributed by atoms with Crippen LogP contribution in [-0.2, 0) is 103 Å². The topological polar surface area (TPSA) is 413 Å². The molecule has 0 bridgehead atoms. The molecule has 0 saturated heterocycles. The molecular formula is C61H70FN11O18. The predicted octanol–water partition coefficient (Wildman–Crippen LogP) is -1.50. The molecule has 30 heteroatoms. The van der Waals surface area contributed by atoms with Crippen LogP contribution in [0.4, 0.5) is 4.39 Å². The van der Waals surface area contributed by atoms with E-state index in [9.17, 15) is 72.5 Å². The number of aryl methyl sites for hydroxylation is 1. The number of esters is 1. The van der Waals surface area contributed by atoms with E-state index in [-0.39, 0.29) is 114 Å². The Kier molecular flexibility index (Phi) is 22.2. The van der Waals surface area contributed by atoms with Crippen LogP contribution < -0.4 is 43.2 Å². The number of cyclic esters (lactones) is 1. The number of imide groups is 1. The number of carboxylic acids is 1. The molecule has 4 atom stereocenters. The second-order valence-electron chi connectivity index (χ2n) is 22.1. The molecule has 91 heavy (non-hydrogen) atoms. The molecule has 1 aliphatic carbocycles. The minimum atomic E-state index is -2.09. The highest BCUT2D eigenvalue weighted by molar-refractivity contribution is 6.13. The van der Waals surface area contributed by atoms with Crippen LogP contribution in [0.25, 0.3) is 22.3 Å². The van der Waals surface area contributed by atoms with Crippen molar-refractivity contribution in [2.75, 3.05) is 65.7 Å². The van der Waals surface area contributed by atoms with Crippen molar-refractivity contribution in [3.63, 3.8) is 0 Å². The number of hydrogen-bond acceptors (Lipinski definition) is 18. The van der Waals surface area contributed by atoms with Gasteiger partial charge in [0.25, 0.3) is 17.4 Å². The second-order valence-corrected chi connectivity index (χ2v) is 22.1. The lowest BCUT2D eigenvalue weighted by Crippen LogP contribution is -2.54. The summed E-state index contributed by atoms with van der Waals surface area (Å²) in [5.74, 6) is -9.91. The van der Waals surface area contributed by atoms with Gasteiger partial charge < -0.3 is 71.5 Å². The zero-order chi connectivity index (χ0) is 65.7. The summed E-state index contributed by atoms with van der Waals surface area (Å²) in [4.78, 5) is 173. The highest BCUT2D eigenvalue weighted by Gasteiger charge is 2.46. The number of aromatic nitrogens is 2. The molecule has 0 spiro atoms. The molecule has 8 rings (SSSR count). The Morgan fingerprint density at radius 1 is 0.835 bits per heavy atom. The number of nitrogens with one attached hydrogen (secondary N) is 6. The van der Waals surface area contributed by atoms with Crippen molar-refractivity contribution in [2.45, 2.75) is 109 Å². The third-order valence-electron chi connectivity index (χ3n) is 15.9. The fourth-order valence-electron chi connectivity index (χ4n) is 11.3. The number of nitrogens with zero attached hydrogens (tertiary/aromatic N) is 4. The minimum Gasteiger partial charge on any atom is -0.481 e. The SMILES string of the molecule is CC[C@@]1(O)C(=O)OCc2c1cc1n(c2=O)Cc2c-1nc1cc(F)c(C)c3c1c2[C@@H](NC(=O)CCCN(CC(N)=O)C(=O)[C@H](Cc1ccccc1)NC(=O)CNC(=O)CNC(=O)[C@H](CC(=O)O)NC(=O)CCOCCOCCNC(=O)CCN1C(=O)C=CC1=O)CC3. The van der Waals surface area contributed by atoms with E-state index in [0.29, 0.717) is 57.4 Å². The van der Waals surface area contributed by atoms with E-state index in [1.165, 1.54) is 10.6 Å². The summed E-state index contributed by atoms with van der Waals surface area (Å²) in [6, 6.07) is 7.72. The summed E-state index contributed by atoms with van der Waals surface area (Å²) in [5.41, 5.74) is 7.02. The molecule has 3 aliphatic heterocycles. The lowest BCUT2D eigenvalue weighted by Gasteiger charge is -2.31. The number of benzene rings is 2. The lowest BCUT2D eigenvalue weighted by molar-refractivity contribution is -0.172. The zero-order valence-corrected chi connectivity index (χ0v) is 49.9. The van der Waals surface area contributed by atoms with Crippen LogP contribution in [0.5, 0.6) is 0 Å². The number of primary amides is 1. The van der Waals surface area contributed by atoms with Gasteiger partial charge in [0.1, 0.15) is 24.5 Å². The molecule has 10 amide bonds. The van der Waals surface area contributed by atoms with E-state index >= 15 is 4.39 Å². The molecule has 0 unspecified atom stereocenters. The van der Waals surface area contributed by atoms with Crippen molar-refractivity contribution in [2.24, 2.45) is 5.73 Å². The van der Waals surface area contributed by atoms with Gasteiger partial charge in [0.2, 0.25) is 47.3 Å². The van der Waals surface area contributed by atoms with Gasteiger partial charge in [0.15, 0.2) is 5.60 Å². The number of pyridine rings is 2. The zero-order valence-electron chi connectivity index (χ0n) is 49.9. The fourth-order valence-corrected chi connectivity index (χ4v) is 11.3. The summed E-state index contributed by atoms with van der Waals surface area (Å²) in [6.07, 6.45) is 1.34. The van der Waals surface area contributed by atoms with Crippen molar-refractivity contribution in [3.8, 4) is 11.4 Å². The number of rotatable bonds is 32. The fraction of sp³-hybridized carbons (Fsp3) is 0.443. The monoisotopic (exact) mass is 1260 g/mol. The van der Waals surface area contributed by atoms with Gasteiger partial charge in [0, 0.05) is 80.0 Å². The third kappa shape index (κ3) is 16.3. The van der Waals surface area contributed by atoms with Gasteiger partial charge >= 0.3 is 11.9 Å². The van der Waals surface area contributed by atoms with E-state index in [1.807, 2.05) is 0 Å². The Labute approximate surface area is 518 Å². The van der Waals surface area contributed by atoms with Gasteiger partial charge in [-0.25, -0.2) is 14.2 Å². The number of nitrogens with two attached hydrogens (primary N) is 1. The minimum absolute atomic E-state index is 0.00410. The first-order chi connectivity index (χ1) is 43.5. The van der Waals surface area contributed by atoms with E-state index in [0.717, 1.165) is 22.0 Å². The van der Waals surface area contributed by atoms with Crippen molar-refractivity contribution >= 4 is 81.9 Å². The van der Waals surface area contributed by atoms with Crippen LogP contribution in [0.1, 0.15) is 96.9 Å². The van der Waals surface area contributed by atoms with Gasteiger partial charge in [-0.15, -0.1) is 0 Å². The molecule has 4 aromatic rings. The number of fused-ring (bicyclic) bond motifs is 5. The number of halogens is 1.